The number of hydrogen-bond acceptors (Lipinski definition) is 8. The molecule has 0 radical (unpaired) electrons. The van der Waals surface area contributed by atoms with Crippen LogP contribution in [0.2, 0.25) is 0 Å². The zero-order valence-electron chi connectivity index (χ0n) is 17.0. The molecule has 0 saturated heterocycles. The first kappa shape index (κ1) is 19.9. The van der Waals surface area contributed by atoms with Crippen LogP contribution in [0.25, 0.3) is 0 Å². The summed E-state index contributed by atoms with van der Waals surface area (Å²) in [6.45, 7) is 1.25. The summed E-state index contributed by atoms with van der Waals surface area (Å²) in [6.07, 6.45) is 3.38. The van der Waals surface area contributed by atoms with Gasteiger partial charge < -0.3 is 18.9 Å². The number of carbonyl (C=O) groups is 2. The second-order valence-corrected chi connectivity index (χ2v) is 6.76. The number of fused-ring (bicyclic) bond motifs is 1. The maximum atomic E-state index is 13.7. The number of rotatable bonds is 5. The highest BCUT2D eigenvalue weighted by atomic mass is 16.8. The van der Waals surface area contributed by atoms with Crippen LogP contribution in [-0.2, 0) is 14.4 Å². The van der Waals surface area contributed by atoms with Gasteiger partial charge in [-0.15, -0.1) is 0 Å². The van der Waals surface area contributed by atoms with E-state index in [4.69, 9.17) is 23.8 Å². The van der Waals surface area contributed by atoms with Crippen LogP contribution >= 0.6 is 0 Å². The smallest absolute Gasteiger partial charge is 0.308 e. The minimum absolute atomic E-state index is 0.0296. The van der Waals surface area contributed by atoms with E-state index in [0.717, 1.165) is 5.69 Å². The lowest BCUT2D eigenvalue weighted by Gasteiger charge is -2.38. The van der Waals surface area contributed by atoms with Crippen LogP contribution in [0.15, 0.2) is 48.6 Å². The molecule has 5 rings (SSSR count). The second-order valence-electron chi connectivity index (χ2n) is 6.76. The average molecular weight is 411 g/mol. The third-order valence-electron chi connectivity index (χ3n) is 5.06. The first-order valence-corrected chi connectivity index (χ1v) is 9.25. The molecule has 8 heteroatoms. The summed E-state index contributed by atoms with van der Waals surface area (Å²) in [7, 11) is 4.25. The van der Waals surface area contributed by atoms with Crippen LogP contribution in [0, 0.1) is 0 Å². The highest BCUT2D eigenvalue weighted by Crippen LogP contribution is 2.51. The van der Waals surface area contributed by atoms with Gasteiger partial charge in [0, 0.05) is 14.0 Å². The van der Waals surface area contributed by atoms with Crippen molar-refractivity contribution in [2.75, 3.05) is 26.4 Å². The molecule has 2 aromatic rings. The predicted molar refractivity (Wildman–Crippen MR) is 107 cm³/mol. The molecule has 2 aromatic carbocycles. The molecule has 2 heterocycles. The number of anilines is 1. The van der Waals surface area contributed by atoms with Crippen molar-refractivity contribution in [1.82, 2.24) is 0 Å². The molecule has 30 heavy (non-hydrogen) atoms. The zero-order chi connectivity index (χ0) is 21.5. The summed E-state index contributed by atoms with van der Waals surface area (Å²) >= 11 is 0. The van der Waals surface area contributed by atoms with E-state index in [9.17, 15) is 9.59 Å². The Labute approximate surface area is 173 Å². The molecule has 0 spiro atoms. The fourth-order valence-electron chi connectivity index (χ4n) is 3.73. The highest BCUT2D eigenvalue weighted by molar-refractivity contribution is 6.09. The number of hydrogen-bond donors (Lipinski definition) is 0. The lowest BCUT2D eigenvalue weighted by molar-refractivity contribution is -0.169. The van der Waals surface area contributed by atoms with E-state index in [1.54, 1.807) is 17.2 Å². The van der Waals surface area contributed by atoms with Crippen LogP contribution in [0.4, 0.5) is 5.69 Å². The second kappa shape index (κ2) is 7.47. The number of esters is 1. The molecule has 8 nitrogen and oxygen atoms in total. The Morgan fingerprint density at radius 3 is 2.43 bits per heavy atom. The summed E-state index contributed by atoms with van der Waals surface area (Å²) < 4.78 is 21.9. The van der Waals surface area contributed by atoms with E-state index in [2.05, 4.69) is 0 Å². The molecule has 2 atom stereocenters. The van der Waals surface area contributed by atoms with Gasteiger partial charge in [0.2, 0.25) is 11.5 Å². The number of Topliss-reactive ketones (excluding diaryl/α,β-unsaturated/α-hetero) is 1. The Kier molecular flexibility index (Phi) is 4.97. The van der Waals surface area contributed by atoms with Gasteiger partial charge in [0.1, 0.15) is 6.04 Å². The largest absolute Gasteiger partial charge is 0.493 e. The summed E-state index contributed by atoms with van der Waals surface area (Å²) in [6, 6.07) is 10.5. The van der Waals surface area contributed by atoms with Gasteiger partial charge in [0.15, 0.2) is 11.5 Å². The zero-order valence-corrected chi connectivity index (χ0v) is 17.0. The van der Waals surface area contributed by atoms with Gasteiger partial charge in [-0.1, -0.05) is 24.3 Å². The van der Waals surface area contributed by atoms with Gasteiger partial charge in [0.25, 0.3) is 5.79 Å². The number of nitrogens with zero attached hydrogens (tertiary/aromatic N) is 1. The summed E-state index contributed by atoms with van der Waals surface area (Å²) in [5, 5.41) is 1.59. The van der Waals surface area contributed by atoms with Crippen LogP contribution < -0.4 is 19.3 Å². The van der Waals surface area contributed by atoms with Gasteiger partial charge in [-0.2, -0.15) is 0 Å². The SMILES string of the molecule is COc1cc2c(c(OC(C)=O)c1OC)C(=O)[C@]1(OC)C=C[C@H]2N(c2ccccc2)O1. The van der Waals surface area contributed by atoms with Gasteiger partial charge in [0.05, 0.1) is 25.5 Å². The van der Waals surface area contributed by atoms with Gasteiger partial charge in [-0.05, 0) is 29.8 Å². The fourth-order valence-corrected chi connectivity index (χ4v) is 3.73. The van der Waals surface area contributed by atoms with Crippen molar-refractivity contribution >= 4 is 17.4 Å². The molecule has 0 amide bonds. The number of benzene rings is 2. The molecule has 0 N–H and O–H groups in total. The minimum Gasteiger partial charge on any atom is -0.493 e. The minimum atomic E-state index is -1.73. The average Bonchev–Trinajstić information content (AvgIpc) is 2.95. The van der Waals surface area contributed by atoms with Crippen molar-refractivity contribution < 1.29 is 33.4 Å². The van der Waals surface area contributed by atoms with Crippen molar-refractivity contribution in [2.45, 2.75) is 18.8 Å². The first-order chi connectivity index (χ1) is 14.5. The first-order valence-electron chi connectivity index (χ1n) is 9.25. The molecule has 0 unspecified atom stereocenters. The van der Waals surface area contributed by atoms with Crippen LogP contribution in [0.3, 0.4) is 0 Å². The predicted octanol–water partition coefficient (Wildman–Crippen LogP) is 3.22. The molecule has 0 fully saturated rings. The van der Waals surface area contributed by atoms with Gasteiger partial charge in [-0.25, -0.2) is 9.90 Å². The van der Waals surface area contributed by atoms with E-state index < -0.39 is 23.6 Å². The Morgan fingerprint density at radius 1 is 1.10 bits per heavy atom. The quantitative estimate of drug-likeness (QED) is 0.421. The summed E-state index contributed by atoms with van der Waals surface area (Å²) in [5.74, 6) is -2.43. The van der Waals surface area contributed by atoms with Crippen molar-refractivity contribution in [1.29, 1.82) is 0 Å². The lowest BCUT2D eigenvalue weighted by Crippen LogP contribution is -2.48. The van der Waals surface area contributed by atoms with Crippen LogP contribution in [-0.4, -0.2) is 38.9 Å². The Hall–Kier alpha value is -3.36. The van der Waals surface area contributed by atoms with Crippen LogP contribution in [0.5, 0.6) is 17.2 Å². The number of carbonyl (C=O) groups excluding carboxylic acids is 2. The lowest BCUT2D eigenvalue weighted by atomic mass is 9.95. The van der Waals surface area contributed by atoms with E-state index >= 15 is 0 Å². The number of hydroxylamine groups is 1. The number of ether oxygens (including phenoxy) is 4. The molecular formula is C22H21NO7. The van der Waals surface area contributed by atoms with Gasteiger partial charge in [-0.3, -0.25) is 9.59 Å². The molecule has 1 aliphatic carbocycles. The Bertz CT molecular complexity index is 1030. The molecule has 2 aliphatic heterocycles. The van der Waals surface area contributed by atoms with Gasteiger partial charge >= 0.3 is 5.97 Å². The van der Waals surface area contributed by atoms with Crippen molar-refractivity contribution in [3.05, 3.63) is 59.7 Å². The summed E-state index contributed by atoms with van der Waals surface area (Å²) in [5.41, 5.74) is 1.39. The number of para-hydroxylation sites is 1. The van der Waals surface area contributed by atoms with Crippen molar-refractivity contribution in [2.24, 2.45) is 0 Å². The molecular weight excluding hydrogens is 390 g/mol. The normalized spacial score (nSPS) is 21.8. The molecule has 0 aromatic heterocycles. The molecule has 0 saturated carbocycles. The van der Waals surface area contributed by atoms with E-state index in [1.165, 1.54) is 28.3 Å². The fraction of sp³-hybridized carbons (Fsp3) is 0.273. The monoisotopic (exact) mass is 411 g/mol. The maximum absolute atomic E-state index is 13.7. The Morgan fingerprint density at radius 2 is 1.83 bits per heavy atom. The topological polar surface area (TPSA) is 83.5 Å². The maximum Gasteiger partial charge on any atom is 0.308 e. The highest BCUT2D eigenvalue weighted by Gasteiger charge is 2.52. The van der Waals surface area contributed by atoms with Crippen LogP contribution in [0.1, 0.15) is 28.9 Å². The third kappa shape index (κ3) is 2.92. The van der Waals surface area contributed by atoms with E-state index in [-0.39, 0.29) is 17.1 Å². The van der Waals surface area contributed by atoms with Crippen molar-refractivity contribution in [3.8, 4) is 17.2 Å². The number of ketones is 1. The molecule has 156 valence electrons. The standard InChI is InChI=1S/C22H21NO7/c1-13(24)29-20-18-15(12-17(26-2)19(20)27-3)16-10-11-22(28-4,21(18)25)30-23(16)14-8-6-5-7-9-14/h5-12,16H,1-4H3/t16-,22+/m1/s1. The van der Waals surface area contributed by atoms with E-state index in [0.29, 0.717) is 11.3 Å². The molecule has 3 aliphatic rings. The van der Waals surface area contributed by atoms with E-state index in [1.807, 2.05) is 36.4 Å². The third-order valence-corrected chi connectivity index (χ3v) is 5.06. The summed E-state index contributed by atoms with van der Waals surface area (Å²) in [4.78, 5) is 31.6. The number of methoxy groups -OCH3 is 3. The van der Waals surface area contributed by atoms with Crippen molar-refractivity contribution in [3.63, 3.8) is 0 Å². The Balaban J connectivity index is 2.03. The molecule has 2 bridgehead atoms.